The number of hydrogen-bond acceptors (Lipinski definition) is 3. The van der Waals surface area contributed by atoms with E-state index in [4.69, 9.17) is 4.42 Å². The van der Waals surface area contributed by atoms with Crippen molar-refractivity contribution >= 4 is 56.8 Å². The van der Waals surface area contributed by atoms with E-state index >= 15 is 4.57 Å². The molecule has 1 aromatic heterocycles. The minimum atomic E-state index is -3.34. The molecule has 2 aliphatic heterocycles. The summed E-state index contributed by atoms with van der Waals surface area (Å²) >= 11 is 1.83. The molecule has 1 spiro atoms. The molecule has 0 fully saturated rings. The zero-order chi connectivity index (χ0) is 32.0. The summed E-state index contributed by atoms with van der Waals surface area (Å²) in [6.07, 6.45) is 0. The molecule has 0 amide bonds. The minimum absolute atomic E-state index is 0.705. The molecule has 48 heavy (non-hydrogen) atoms. The van der Waals surface area contributed by atoms with Gasteiger partial charge in [-0.3, -0.25) is 0 Å². The number of para-hydroxylation sites is 1. The third kappa shape index (κ3) is 3.69. The van der Waals surface area contributed by atoms with Gasteiger partial charge >= 0.3 is 0 Å². The molecule has 0 N–H and O–H groups in total. The summed E-state index contributed by atoms with van der Waals surface area (Å²) in [6, 6.07) is 55.6. The average Bonchev–Trinajstić information content (AvgIpc) is 3.50. The molecule has 4 heteroatoms. The van der Waals surface area contributed by atoms with Crippen molar-refractivity contribution in [2.45, 2.75) is 22.1 Å². The summed E-state index contributed by atoms with van der Waals surface area (Å²) in [4.78, 5) is 2.42. The average molecular weight is 653 g/mol. The third-order valence-corrected chi connectivity index (χ3v) is 14.5. The first-order valence-corrected chi connectivity index (χ1v) is 18.8. The molecule has 2 unspecified atom stereocenters. The molecule has 0 radical (unpaired) electrons. The highest BCUT2D eigenvalue weighted by atomic mass is 32.2. The van der Waals surface area contributed by atoms with Crippen LogP contribution < -0.4 is 15.9 Å². The van der Waals surface area contributed by atoms with Crippen LogP contribution in [0.15, 0.2) is 172 Å². The van der Waals surface area contributed by atoms with E-state index in [2.05, 4.69) is 116 Å². The Morgan fingerprint density at radius 2 is 1.25 bits per heavy atom. The Hall–Kier alpha value is -5.08. The maximum Gasteiger partial charge on any atom is 0.171 e. The highest BCUT2D eigenvalue weighted by Crippen LogP contribution is 2.62. The van der Waals surface area contributed by atoms with E-state index in [-0.39, 0.29) is 0 Å². The van der Waals surface area contributed by atoms with Crippen molar-refractivity contribution in [2.75, 3.05) is 0 Å². The van der Waals surface area contributed by atoms with E-state index in [9.17, 15) is 0 Å². The molecule has 0 aliphatic carbocycles. The highest BCUT2D eigenvalue weighted by Gasteiger charge is 2.54. The lowest BCUT2D eigenvalue weighted by Crippen LogP contribution is -2.48. The second-order valence-corrected chi connectivity index (χ2v) is 16.6. The Balaban J connectivity index is 1.39. The van der Waals surface area contributed by atoms with Gasteiger partial charge < -0.3 is 8.98 Å². The summed E-state index contributed by atoms with van der Waals surface area (Å²) in [7, 11) is -3.34. The topological polar surface area (TPSA) is 30.2 Å². The Morgan fingerprint density at radius 1 is 0.521 bits per heavy atom. The van der Waals surface area contributed by atoms with Gasteiger partial charge in [-0.2, -0.15) is 0 Å². The van der Waals surface area contributed by atoms with E-state index in [0.717, 1.165) is 49.0 Å². The van der Waals surface area contributed by atoms with Gasteiger partial charge in [0.1, 0.15) is 11.2 Å². The van der Waals surface area contributed by atoms with Crippen molar-refractivity contribution in [1.29, 1.82) is 0 Å². The van der Waals surface area contributed by atoms with Crippen LogP contribution in [0.5, 0.6) is 0 Å². The highest BCUT2D eigenvalue weighted by molar-refractivity contribution is 7.99. The fourth-order valence-electron chi connectivity index (χ4n) is 8.21. The van der Waals surface area contributed by atoms with Gasteiger partial charge in [0.2, 0.25) is 0 Å². The summed E-state index contributed by atoms with van der Waals surface area (Å²) in [5, 5.41) is 4.66. The van der Waals surface area contributed by atoms with E-state index in [1.165, 1.54) is 37.6 Å². The molecule has 228 valence electrons. The standard InChI is InChI=1S/C44H29O2PS/c1-28-12-11-13-29(24-28)30-22-23-36-43(25-30)48-42-21-10-7-18-35(42)44(36)34-17-6-9-20-40(34)47(45,31-14-3-2-4-15-31)41-27-39-33(26-37(41)44)32-16-5-8-19-38(32)46-39/h2-27H,1H3. The number of furan rings is 1. The van der Waals surface area contributed by atoms with E-state index in [0.29, 0.717) is 0 Å². The molecule has 2 nitrogen and oxygen atoms in total. The second kappa shape index (κ2) is 10.2. The Bertz CT molecular complexity index is 2650. The maximum atomic E-state index is 16.2. The van der Waals surface area contributed by atoms with Gasteiger partial charge in [0, 0.05) is 36.5 Å². The first-order chi connectivity index (χ1) is 23.6. The van der Waals surface area contributed by atoms with Crippen LogP contribution in [0.3, 0.4) is 0 Å². The molecule has 0 bridgehead atoms. The largest absolute Gasteiger partial charge is 0.456 e. The van der Waals surface area contributed by atoms with Crippen LogP contribution in [0.25, 0.3) is 33.1 Å². The first-order valence-electron chi connectivity index (χ1n) is 16.3. The smallest absolute Gasteiger partial charge is 0.171 e. The van der Waals surface area contributed by atoms with Gasteiger partial charge in [0.05, 0.1) is 5.41 Å². The van der Waals surface area contributed by atoms with Crippen LogP contribution in [0.1, 0.15) is 27.8 Å². The molecule has 8 aromatic rings. The zero-order valence-electron chi connectivity index (χ0n) is 26.2. The van der Waals surface area contributed by atoms with Gasteiger partial charge in [-0.1, -0.05) is 145 Å². The molecular weight excluding hydrogens is 624 g/mol. The number of aryl methyl sites for hydroxylation is 1. The lowest BCUT2D eigenvalue weighted by Gasteiger charge is -2.47. The SMILES string of the molecule is Cc1cccc(-c2ccc3c(c2)Sc2ccccc2C32c3ccccc3P(=O)(c3ccccc3)c3cc4oc5ccccc5c4cc32)c1. The predicted molar refractivity (Wildman–Crippen MR) is 199 cm³/mol. The summed E-state index contributed by atoms with van der Waals surface area (Å²) < 4.78 is 22.7. The fraction of sp³-hybridized carbons (Fsp3) is 0.0455. The van der Waals surface area contributed by atoms with Crippen LogP contribution >= 0.6 is 18.9 Å². The van der Waals surface area contributed by atoms with Crippen molar-refractivity contribution in [1.82, 2.24) is 0 Å². The normalized spacial score (nSPS) is 19.1. The van der Waals surface area contributed by atoms with Gasteiger partial charge in [-0.25, -0.2) is 0 Å². The Labute approximate surface area is 283 Å². The summed E-state index contributed by atoms with van der Waals surface area (Å²) in [6.45, 7) is 2.14. The molecule has 10 rings (SSSR count). The van der Waals surface area contributed by atoms with Crippen molar-refractivity contribution < 1.29 is 8.98 Å². The fourth-order valence-corrected chi connectivity index (χ4v) is 12.6. The van der Waals surface area contributed by atoms with E-state index < -0.39 is 12.6 Å². The van der Waals surface area contributed by atoms with Crippen molar-refractivity contribution in [2.24, 2.45) is 0 Å². The molecule has 0 saturated carbocycles. The quantitative estimate of drug-likeness (QED) is 0.174. The van der Waals surface area contributed by atoms with Crippen LogP contribution in [0.2, 0.25) is 0 Å². The van der Waals surface area contributed by atoms with Crippen LogP contribution in [0.4, 0.5) is 0 Å². The van der Waals surface area contributed by atoms with Gasteiger partial charge in [-0.05, 0) is 70.6 Å². The lowest BCUT2D eigenvalue weighted by molar-refractivity contribution is 0.589. The lowest BCUT2D eigenvalue weighted by atomic mass is 9.64. The first kappa shape index (κ1) is 28.0. The molecule has 2 aliphatic rings. The van der Waals surface area contributed by atoms with Crippen LogP contribution in [0, 0.1) is 6.92 Å². The Morgan fingerprint density at radius 3 is 2.12 bits per heavy atom. The number of fused-ring (bicyclic) bond motifs is 11. The van der Waals surface area contributed by atoms with Gasteiger partial charge in [0.25, 0.3) is 0 Å². The van der Waals surface area contributed by atoms with Crippen molar-refractivity contribution in [3.8, 4) is 11.1 Å². The maximum absolute atomic E-state index is 16.2. The van der Waals surface area contributed by atoms with Crippen molar-refractivity contribution in [3.63, 3.8) is 0 Å². The second-order valence-electron chi connectivity index (χ2n) is 12.9. The van der Waals surface area contributed by atoms with E-state index in [1.54, 1.807) is 0 Å². The van der Waals surface area contributed by atoms with Gasteiger partial charge in [0.15, 0.2) is 7.14 Å². The minimum Gasteiger partial charge on any atom is -0.456 e. The summed E-state index contributed by atoms with van der Waals surface area (Å²) in [5.41, 5.74) is 9.08. The number of benzene rings is 7. The van der Waals surface area contributed by atoms with E-state index in [1.807, 2.05) is 60.3 Å². The monoisotopic (exact) mass is 652 g/mol. The number of hydrogen-bond donors (Lipinski definition) is 0. The molecule has 3 heterocycles. The third-order valence-electron chi connectivity index (χ3n) is 10.3. The number of rotatable bonds is 2. The van der Waals surface area contributed by atoms with Crippen LogP contribution in [-0.4, -0.2) is 0 Å². The zero-order valence-corrected chi connectivity index (χ0v) is 27.9. The Kier molecular flexibility index (Phi) is 5.95. The van der Waals surface area contributed by atoms with Gasteiger partial charge in [-0.15, -0.1) is 0 Å². The van der Waals surface area contributed by atoms with Crippen LogP contribution in [-0.2, 0) is 9.98 Å². The molecule has 2 atom stereocenters. The summed E-state index contributed by atoms with van der Waals surface area (Å²) in [5.74, 6) is 0. The molecule has 0 saturated heterocycles. The molecular formula is C44H29O2PS. The molecule has 7 aromatic carbocycles. The van der Waals surface area contributed by atoms with Crippen molar-refractivity contribution in [3.05, 3.63) is 186 Å². The predicted octanol–water partition coefficient (Wildman–Crippen LogP) is 10.4.